The molecule has 0 bridgehead atoms. The molecule has 0 saturated heterocycles. The lowest BCUT2D eigenvalue weighted by atomic mass is 10.2. The molecule has 0 amide bonds. The van der Waals surface area contributed by atoms with E-state index in [1.807, 2.05) is 6.92 Å². The summed E-state index contributed by atoms with van der Waals surface area (Å²) in [7, 11) is 1.60. The lowest BCUT2D eigenvalue weighted by molar-refractivity contribution is 0.412. The van der Waals surface area contributed by atoms with E-state index in [2.05, 4.69) is 0 Å². The number of nitrogen functional groups attached to an aromatic ring is 1. The van der Waals surface area contributed by atoms with Crippen molar-refractivity contribution in [3.63, 3.8) is 0 Å². The Kier molecular flexibility index (Phi) is 2.25. The van der Waals surface area contributed by atoms with Crippen molar-refractivity contribution in [1.29, 1.82) is 0 Å². The molecule has 0 radical (unpaired) electrons. The zero-order valence-corrected chi connectivity index (χ0v) is 7.27. The summed E-state index contributed by atoms with van der Waals surface area (Å²) in [5.41, 5.74) is 7.22. The third-order valence-corrected chi connectivity index (χ3v) is 1.80. The van der Waals surface area contributed by atoms with Gasteiger partial charge in [0, 0.05) is 16.3 Å². The van der Waals surface area contributed by atoms with Gasteiger partial charge in [-0.2, -0.15) is 0 Å². The summed E-state index contributed by atoms with van der Waals surface area (Å²) >= 11 is 5.74. The summed E-state index contributed by atoms with van der Waals surface area (Å²) in [5.74, 6) is 0.731. The highest BCUT2D eigenvalue weighted by Crippen LogP contribution is 2.27. The molecular formula is C8H10ClNO. The van der Waals surface area contributed by atoms with E-state index in [1.54, 1.807) is 19.2 Å². The van der Waals surface area contributed by atoms with Crippen LogP contribution in [-0.4, -0.2) is 7.11 Å². The minimum atomic E-state index is 0.602. The van der Waals surface area contributed by atoms with Crippen molar-refractivity contribution < 1.29 is 4.74 Å². The maximum atomic E-state index is 5.74. The summed E-state index contributed by atoms with van der Waals surface area (Å²) in [6, 6.07) is 3.45. The van der Waals surface area contributed by atoms with Crippen molar-refractivity contribution in [2.24, 2.45) is 0 Å². The zero-order chi connectivity index (χ0) is 8.43. The van der Waals surface area contributed by atoms with Crippen LogP contribution in [0.4, 0.5) is 5.69 Å². The molecule has 3 heteroatoms. The van der Waals surface area contributed by atoms with Gasteiger partial charge in [0.15, 0.2) is 0 Å². The summed E-state index contributed by atoms with van der Waals surface area (Å²) in [5, 5.41) is 0.602. The average Bonchev–Trinajstić information content (AvgIpc) is 1.96. The topological polar surface area (TPSA) is 35.2 Å². The fourth-order valence-corrected chi connectivity index (χ4v) is 1.10. The molecule has 1 aromatic rings. The Hall–Kier alpha value is -0.890. The summed E-state index contributed by atoms with van der Waals surface area (Å²) in [4.78, 5) is 0. The quantitative estimate of drug-likeness (QED) is 0.658. The molecule has 2 N–H and O–H groups in total. The second kappa shape index (κ2) is 3.01. The number of benzene rings is 1. The van der Waals surface area contributed by atoms with E-state index in [0.29, 0.717) is 10.7 Å². The highest BCUT2D eigenvalue weighted by atomic mass is 35.5. The minimum Gasteiger partial charge on any atom is -0.496 e. The first kappa shape index (κ1) is 8.21. The van der Waals surface area contributed by atoms with Crippen LogP contribution in [0.25, 0.3) is 0 Å². The molecule has 11 heavy (non-hydrogen) atoms. The van der Waals surface area contributed by atoms with Crippen molar-refractivity contribution in [1.82, 2.24) is 0 Å². The van der Waals surface area contributed by atoms with E-state index in [9.17, 15) is 0 Å². The van der Waals surface area contributed by atoms with Gasteiger partial charge in [0.05, 0.1) is 7.11 Å². The molecule has 60 valence electrons. The number of hydrogen-bond acceptors (Lipinski definition) is 2. The first-order valence-corrected chi connectivity index (χ1v) is 3.62. The number of hydrogen-bond donors (Lipinski definition) is 1. The van der Waals surface area contributed by atoms with Gasteiger partial charge in [-0.1, -0.05) is 11.6 Å². The number of nitrogens with two attached hydrogens (primary N) is 1. The van der Waals surface area contributed by atoms with Crippen molar-refractivity contribution in [2.45, 2.75) is 6.92 Å². The molecule has 0 saturated carbocycles. The van der Waals surface area contributed by atoms with E-state index in [4.69, 9.17) is 22.1 Å². The largest absolute Gasteiger partial charge is 0.496 e. The molecule has 1 rings (SSSR count). The molecule has 0 aliphatic rings. The Bertz CT molecular complexity index is 273. The Labute approximate surface area is 70.9 Å². The van der Waals surface area contributed by atoms with Gasteiger partial charge in [-0.3, -0.25) is 0 Å². The first-order valence-electron chi connectivity index (χ1n) is 3.24. The summed E-state index contributed by atoms with van der Waals surface area (Å²) in [6.45, 7) is 1.89. The van der Waals surface area contributed by atoms with Crippen molar-refractivity contribution in [3.8, 4) is 5.75 Å². The van der Waals surface area contributed by atoms with Gasteiger partial charge in [-0.05, 0) is 19.1 Å². The maximum absolute atomic E-state index is 5.74. The predicted octanol–water partition coefficient (Wildman–Crippen LogP) is 2.24. The number of methoxy groups -OCH3 is 1. The SMILES string of the molecule is COc1cc(Cl)cc(N)c1C. The van der Waals surface area contributed by atoms with Crippen LogP contribution in [0.5, 0.6) is 5.75 Å². The second-order valence-corrected chi connectivity index (χ2v) is 2.76. The number of ether oxygens (including phenoxy) is 1. The molecule has 0 aromatic heterocycles. The van der Waals surface area contributed by atoms with Gasteiger partial charge in [0.1, 0.15) is 5.75 Å². The molecule has 0 aliphatic heterocycles. The van der Waals surface area contributed by atoms with Crippen molar-refractivity contribution in [3.05, 3.63) is 22.7 Å². The highest BCUT2D eigenvalue weighted by molar-refractivity contribution is 6.31. The highest BCUT2D eigenvalue weighted by Gasteiger charge is 2.02. The van der Waals surface area contributed by atoms with Crippen molar-refractivity contribution in [2.75, 3.05) is 12.8 Å². The van der Waals surface area contributed by atoms with Gasteiger partial charge in [0.2, 0.25) is 0 Å². The Morgan fingerprint density at radius 1 is 1.45 bits per heavy atom. The molecular weight excluding hydrogens is 162 g/mol. The molecule has 1 aromatic carbocycles. The van der Waals surface area contributed by atoms with Gasteiger partial charge in [-0.15, -0.1) is 0 Å². The minimum absolute atomic E-state index is 0.602. The smallest absolute Gasteiger partial charge is 0.125 e. The van der Waals surface area contributed by atoms with Crippen LogP contribution < -0.4 is 10.5 Å². The third kappa shape index (κ3) is 1.57. The Morgan fingerprint density at radius 3 is 2.64 bits per heavy atom. The van der Waals surface area contributed by atoms with E-state index in [0.717, 1.165) is 11.3 Å². The van der Waals surface area contributed by atoms with Gasteiger partial charge in [0.25, 0.3) is 0 Å². The van der Waals surface area contributed by atoms with Gasteiger partial charge in [-0.25, -0.2) is 0 Å². The van der Waals surface area contributed by atoms with Crippen molar-refractivity contribution >= 4 is 17.3 Å². The molecule has 0 atom stereocenters. The maximum Gasteiger partial charge on any atom is 0.125 e. The van der Waals surface area contributed by atoms with Crippen LogP contribution in [0.2, 0.25) is 5.02 Å². The third-order valence-electron chi connectivity index (χ3n) is 1.58. The summed E-state index contributed by atoms with van der Waals surface area (Å²) in [6.07, 6.45) is 0. The van der Waals surface area contributed by atoms with Crippen LogP contribution in [0, 0.1) is 6.92 Å². The predicted molar refractivity (Wildman–Crippen MR) is 47.2 cm³/mol. The monoisotopic (exact) mass is 171 g/mol. The molecule has 2 nitrogen and oxygen atoms in total. The van der Waals surface area contributed by atoms with Crippen LogP contribution in [0.1, 0.15) is 5.56 Å². The summed E-state index contributed by atoms with van der Waals surface area (Å²) < 4.78 is 5.04. The zero-order valence-electron chi connectivity index (χ0n) is 6.52. The number of halogens is 1. The van der Waals surface area contributed by atoms with E-state index in [1.165, 1.54) is 0 Å². The number of anilines is 1. The lowest BCUT2D eigenvalue weighted by Gasteiger charge is -2.06. The lowest BCUT2D eigenvalue weighted by Crippen LogP contribution is -1.93. The van der Waals surface area contributed by atoms with E-state index in [-0.39, 0.29) is 0 Å². The fourth-order valence-electron chi connectivity index (χ4n) is 0.886. The van der Waals surface area contributed by atoms with Crippen LogP contribution in [0.3, 0.4) is 0 Å². The average molecular weight is 172 g/mol. The normalized spacial score (nSPS) is 9.73. The fraction of sp³-hybridized carbons (Fsp3) is 0.250. The number of rotatable bonds is 1. The Morgan fingerprint density at radius 2 is 2.09 bits per heavy atom. The van der Waals surface area contributed by atoms with Crippen LogP contribution in [0.15, 0.2) is 12.1 Å². The van der Waals surface area contributed by atoms with E-state index < -0.39 is 0 Å². The second-order valence-electron chi connectivity index (χ2n) is 2.32. The van der Waals surface area contributed by atoms with E-state index >= 15 is 0 Å². The van der Waals surface area contributed by atoms with Crippen LogP contribution in [-0.2, 0) is 0 Å². The molecule has 0 unspecified atom stereocenters. The molecule has 0 fully saturated rings. The molecule has 0 spiro atoms. The van der Waals surface area contributed by atoms with Gasteiger partial charge >= 0.3 is 0 Å². The first-order chi connectivity index (χ1) is 5.15. The standard InChI is InChI=1S/C8H10ClNO/c1-5-7(10)3-6(9)4-8(5)11-2/h3-4H,10H2,1-2H3. The molecule has 0 aliphatic carbocycles. The van der Waals surface area contributed by atoms with Gasteiger partial charge < -0.3 is 10.5 Å². The molecule has 0 heterocycles. The van der Waals surface area contributed by atoms with Crippen LogP contribution >= 0.6 is 11.6 Å². The Balaban J connectivity index is 3.24.